The first-order chi connectivity index (χ1) is 12.1. The molecule has 0 aromatic heterocycles. The molecule has 0 aliphatic carbocycles. The molecule has 2 heterocycles. The molecule has 2 aliphatic heterocycles. The SMILES string of the molecule is COc1ccccc1CC1C2CNCN=C2OC(SC)=CC(Cl)N1O. The summed E-state index contributed by atoms with van der Waals surface area (Å²) >= 11 is 7.83. The number of alkyl halides is 1. The fraction of sp³-hybridized carbons (Fsp3) is 0.471. The van der Waals surface area contributed by atoms with Gasteiger partial charge in [0.05, 0.1) is 25.7 Å². The summed E-state index contributed by atoms with van der Waals surface area (Å²) in [4.78, 5) is 4.46. The molecule has 0 radical (unpaired) electrons. The maximum absolute atomic E-state index is 10.8. The van der Waals surface area contributed by atoms with Crippen LogP contribution < -0.4 is 10.1 Å². The Morgan fingerprint density at radius 1 is 1.48 bits per heavy atom. The van der Waals surface area contributed by atoms with Crippen LogP contribution in [0.25, 0.3) is 0 Å². The molecule has 3 atom stereocenters. The molecule has 0 saturated heterocycles. The van der Waals surface area contributed by atoms with Gasteiger partial charge in [-0.15, -0.1) is 0 Å². The second-order valence-corrected chi connectivity index (χ2v) is 7.10. The fourth-order valence-corrected chi connectivity index (χ4v) is 3.87. The topological polar surface area (TPSA) is 66.3 Å². The molecule has 8 heteroatoms. The Labute approximate surface area is 156 Å². The van der Waals surface area contributed by atoms with Gasteiger partial charge in [0.2, 0.25) is 0 Å². The Balaban J connectivity index is 1.96. The number of hydrogen-bond acceptors (Lipinski definition) is 7. The summed E-state index contributed by atoms with van der Waals surface area (Å²) in [6.07, 6.45) is 4.16. The smallest absolute Gasteiger partial charge is 0.198 e. The number of nitrogens with one attached hydrogen (secondary N) is 1. The number of hydrogen-bond donors (Lipinski definition) is 2. The van der Waals surface area contributed by atoms with Crippen LogP contribution in [-0.2, 0) is 11.2 Å². The third kappa shape index (κ3) is 4.12. The highest BCUT2D eigenvalue weighted by atomic mass is 35.5. The van der Waals surface area contributed by atoms with Crippen LogP contribution in [-0.4, -0.2) is 54.3 Å². The van der Waals surface area contributed by atoms with E-state index >= 15 is 0 Å². The van der Waals surface area contributed by atoms with Crippen LogP contribution in [0.2, 0.25) is 0 Å². The number of halogens is 1. The zero-order chi connectivity index (χ0) is 17.8. The fourth-order valence-electron chi connectivity index (χ4n) is 3.10. The molecule has 2 N–H and O–H groups in total. The number of para-hydroxylation sites is 1. The molecular weight excluding hydrogens is 362 g/mol. The van der Waals surface area contributed by atoms with Crippen molar-refractivity contribution in [3.63, 3.8) is 0 Å². The Hall–Kier alpha value is -1.25. The van der Waals surface area contributed by atoms with E-state index in [9.17, 15) is 5.21 Å². The third-order valence-electron chi connectivity index (χ3n) is 4.39. The second-order valence-electron chi connectivity index (χ2n) is 5.84. The van der Waals surface area contributed by atoms with Gasteiger partial charge in [0.1, 0.15) is 11.3 Å². The standard InChI is InChI=1S/C17H22ClN3O3S/c1-23-14-6-4-3-5-11(14)7-13-12-9-19-10-20-17(12)24-16(25-2)8-15(18)21(13)22/h3-6,8,12-13,15,19,22H,7,9-10H2,1-2H3. The summed E-state index contributed by atoms with van der Waals surface area (Å²) in [5.74, 6) is 1.29. The molecular formula is C17H22ClN3O3S. The largest absolute Gasteiger partial charge is 0.496 e. The molecule has 1 aromatic carbocycles. The molecule has 25 heavy (non-hydrogen) atoms. The lowest BCUT2D eigenvalue weighted by molar-refractivity contribution is -0.140. The Bertz CT molecular complexity index is 670. The number of thioether (sulfide) groups is 1. The molecule has 3 unspecified atom stereocenters. The average molecular weight is 384 g/mol. The minimum Gasteiger partial charge on any atom is -0.496 e. The molecule has 0 amide bonds. The number of methoxy groups -OCH3 is 1. The number of rotatable bonds is 4. The Kier molecular flexibility index (Phi) is 6.24. The highest BCUT2D eigenvalue weighted by molar-refractivity contribution is 8.02. The van der Waals surface area contributed by atoms with Gasteiger partial charge < -0.3 is 14.7 Å². The van der Waals surface area contributed by atoms with Crippen molar-refractivity contribution in [1.82, 2.24) is 10.4 Å². The molecule has 0 fully saturated rings. The third-order valence-corrected chi connectivity index (χ3v) is 5.33. The van der Waals surface area contributed by atoms with E-state index in [1.807, 2.05) is 30.5 Å². The van der Waals surface area contributed by atoms with E-state index in [1.54, 1.807) is 13.2 Å². The summed E-state index contributed by atoms with van der Waals surface area (Å²) in [7, 11) is 1.64. The lowest BCUT2D eigenvalue weighted by Crippen LogP contribution is -2.52. The van der Waals surface area contributed by atoms with E-state index in [-0.39, 0.29) is 12.0 Å². The second kappa shape index (κ2) is 8.42. The van der Waals surface area contributed by atoms with Gasteiger partial charge in [-0.05, 0) is 30.4 Å². The van der Waals surface area contributed by atoms with Crippen LogP contribution in [0.5, 0.6) is 5.75 Å². The number of ether oxygens (including phenoxy) is 2. The molecule has 3 rings (SSSR count). The highest BCUT2D eigenvalue weighted by Crippen LogP contribution is 2.31. The predicted molar refractivity (Wildman–Crippen MR) is 100 cm³/mol. The summed E-state index contributed by atoms with van der Waals surface area (Å²) < 4.78 is 11.4. The minimum atomic E-state index is -0.689. The number of aliphatic imine (C=N–C) groups is 1. The van der Waals surface area contributed by atoms with Gasteiger partial charge in [0.25, 0.3) is 0 Å². The normalized spacial score (nSPS) is 27.3. The lowest BCUT2D eigenvalue weighted by Gasteiger charge is -2.38. The lowest BCUT2D eigenvalue weighted by atomic mass is 9.91. The van der Waals surface area contributed by atoms with Crippen molar-refractivity contribution >= 4 is 29.3 Å². The van der Waals surface area contributed by atoms with Crippen molar-refractivity contribution in [2.45, 2.75) is 18.0 Å². The van der Waals surface area contributed by atoms with Gasteiger partial charge >= 0.3 is 0 Å². The maximum Gasteiger partial charge on any atom is 0.198 e. The van der Waals surface area contributed by atoms with Gasteiger partial charge in [-0.1, -0.05) is 41.6 Å². The van der Waals surface area contributed by atoms with Crippen LogP contribution in [0.4, 0.5) is 0 Å². The first kappa shape index (κ1) is 18.5. The first-order valence-corrected chi connectivity index (χ1v) is 9.72. The molecule has 136 valence electrons. The average Bonchev–Trinajstić information content (AvgIpc) is 2.65. The van der Waals surface area contributed by atoms with Gasteiger partial charge in [-0.25, -0.2) is 4.99 Å². The van der Waals surface area contributed by atoms with E-state index in [2.05, 4.69) is 10.3 Å². The van der Waals surface area contributed by atoms with Crippen molar-refractivity contribution in [3.8, 4) is 5.75 Å². The number of benzene rings is 1. The molecule has 2 aliphatic rings. The maximum atomic E-state index is 10.8. The van der Waals surface area contributed by atoms with Crippen molar-refractivity contribution in [3.05, 3.63) is 41.0 Å². The quantitative estimate of drug-likeness (QED) is 0.615. The molecule has 6 nitrogen and oxygen atoms in total. The zero-order valence-electron chi connectivity index (χ0n) is 14.2. The van der Waals surface area contributed by atoms with Crippen molar-refractivity contribution in [2.75, 3.05) is 26.6 Å². The molecule has 0 saturated carbocycles. The van der Waals surface area contributed by atoms with Crippen molar-refractivity contribution < 1.29 is 14.7 Å². The van der Waals surface area contributed by atoms with Crippen LogP contribution in [0.3, 0.4) is 0 Å². The summed E-state index contributed by atoms with van der Waals surface area (Å²) in [5.41, 5.74) is 0.308. The molecule has 1 aromatic rings. The van der Waals surface area contributed by atoms with Gasteiger partial charge in [0, 0.05) is 6.54 Å². The summed E-state index contributed by atoms with van der Waals surface area (Å²) in [5, 5.41) is 15.9. The van der Waals surface area contributed by atoms with Gasteiger partial charge in [-0.2, -0.15) is 5.06 Å². The molecule has 0 bridgehead atoms. The van der Waals surface area contributed by atoms with Gasteiger partial charge in [0.15, 0.2) is 11.0 Å². The van der Waals surface area contributed by atoms with E-state index < -0.39 is 5.50 Å². The zero-order valence-corrected chi connectivity index (χ0v) is 15.8. The van der Waals surface area contributed by atoms with Gasteiger partial charge in [-0.3, -0.25) is 5.32 Å². The monoisotopic (exact) mass is 383 g/mol. The number of fused-ring (bicyclic) bond motifs is 1. The van der Waals surface area contributed by atoms with E-state index in [4.69, 9.17) is 21.1 Å². The van der Waals surface area contributed by atoms with Crippen molar-refractivity contribution in [2.24, 2.45) is 10.9 Å². The Morgan fingerprint density at radius 2 is 2.28 bits per heavy atom. The Morgan fingerprint density at radius 3 is 3.04 bits per heavy atom. The number of hydroxylamine groups is 2. The summed E-state index contributed by atoms with van der Waals surface area (Å²) in [6, 6.07) is 7.48. The minimum absolute atomic E-state index is 0.124. The van der Waals surface area contributed by atoms with Crippen LogP contribution in [0, 0.1) is 5.92 Å². The van der Waals surface area contributed by atoms with E-state index in [0.29, 0.717) is 30.6 Å². The van der Waals surface area contributed by atoms with Crippen molar-refractivity contribution in [1.29, 1.82) is 0 Å². The predicted octanol–water partition coefficient (Wildman–Crippen LogP) is 2.67. The number of nitrogens with zero attached hydrogens (tertiary/aromatic N) is 2. The van der Waals surface area contributed by atoms with Crippen LogP contribution in [0.1, 0.15) is 5.56 Å². The summed E-state index contributed by atoms with van der Waals surface area (Å²) in [6.45, 7) is 1.16. The van der Waals surface area contributed by atoms with E-state index in [1.165, 1.54) is 16.8 Å². The first-order valence-electron chi connectivity index (χ1n) is 8.06. The molecule has 0 spiro atoms. The van der Waals surface area contributed by atoms with E-state index in [0.717, 1.165) is 11.3 Å². The highest BCUT2D eigenvalue weighted by Gasteiger charge is 2.38. The van der Waals surface area contributed by atoms with Crippen LogP contribution >= 0.6 is 23.4 Å². The van der Waals surface area contributed by atoms with Crippen LogP contribution in [0.15, 0.2) is 40.4 Å².